The second-order valence-electron chi connectivity index (χ2n) is 9.40. The van der Waals surface area contributed by atoms with Crippen molar-refractivity contribution in [1.29, 1.82) is 0 Å². The van der Waals surface area contributed by atoms with E-state index < -0.39 is 0 Å². The molecule has 0 fully saturated rings. The summed E-state index contributed by atoms with van der Waals surface area (Å²) in [5.41, 5.74) is 10.4. The Morgan fingerprint density at radius 1 is 0.341 bits per heavy atom. The summed E-state index contributed by atoms with van der Waals surface area (Å²) in [6.07, 6.45) is 0. The average molecular weight is 703 g/mol. The Hall–Kier alpha value is -3.63. The fraction of sp³-hybridized carbons (Fsp3) is 0. The SMILES string of the molecule is [Br-].[Br-].[Ni+2].c1ccc(-c2ccccc2N=C2C(=Nc3ccccc3-c3ccccc3)c3cccc4cccc2c34)cc1. The molecule has 0 atom stereocenters. The van der Waals surface area contributed by atoms with Crippen LogP contribution in [0.2, 0.25) is 0 Å². The smallest absolute Gasteiger partial charge is 1.00 e. The first kappa shape index (κ1) is 30.3. The van der Waals surface area contributed by atoms with Crippen molar-refractivity contribution in [2.24, 2.45) is 9.98 Å². The van der Waals surface area contributed by atoms with Gasteiger partial charge >= 0.3 is 16.5 Å². The van der Waals surface area contributed by atoms with Crippen LogP contribution in [0.1, 0.15) is 11.1 Å². The van der Waals surface area contributed by atoms with Gasteiger partial charge in [0, 0.05) is 27.6 Å². The van der Waals surface area contributed by atoms with Crippen molar-refractivity contribution in [3.8, 4) is 22.3 Å². The summed E-state index contributed by atoms with van der Waals surface area (Å²) < 4.78 is 0. The zero-order valence-corrected chi connectivity index (χ0v) is 26.0. The van der Waals surface area contributed by atoms with E-state index in [1.807, 2.05) is 12.1 Å². The van der Waals surface area contributed by atoms with Gasteiger partial charge in [0.05, 0.1) is 22.8 Å². The van der Waals surface area contributed by atoms with E-state index in [2.05, 4.69) is 133 Å². The van der Waals surface area contributed by atoms with Crippen molar-refractivity contribution in [1.82, 2.24) is 0 Å². The van der Waals surface area contributed by atoms with Crippen molar-refractivity contribution in [3.05, 3.63) is 157 Å². The molecule has 0 saturated heterocycles. The van der Waals surface area contributed by atoms with Gasteiger partial charge in [-0.3, -0.25) is 0 Å². The van der Waals surface area contributed by atoms with E-state index in [4.69, 9.17) is 9.98 Å². The minimum atomic E-state index is 0. The van der Waals surface area contributed by atoms with Crippen LogP contribution in [-0.4, -0.2) is 11.4 Å². The van der Waals surface area contributed by atoms with Crippen LogP contribution < -0.4 is 34.0 Å². The number of nitrogens with zero attached hydrogens (tertiary/aromatic N) is 2. The summed E-state index contributed by atoms with van der Waals surface area (Å²) in [6, 6.07) is 50.5. The average Bonchev–Trinajstić information content (AvgIpc) is 3.28. The normalized spacial score (nSPS) is 13.4. The molecule has 202 valence electrons. The van der Waals surface area contributed by atoms with Gasteiger partial charge < -0.3 is 34.0 Å². The Morgan fingerprint density at radius 3 is 1.15 bits per heavy atom. The maximum atomic E-state index is 5.34. The van der Waals surface area contributed by atoms with Crippen molar-refractivity contribution in [2.45, 2.75) is 0 Å². The maximum Gasteiger partial charge on any atom is 2.00 e. The quantitative estimate of drug-likeness (QED) is 0.252. The molecule has 0 heterocycles. The van der Waals surface area contributed by atoms with Gasteiger partial charge in [0.15, 0.2) is 0 Å². The zero-order chi connectivity index (χ0) is 25.3. The van der Waals surface area contributed by atoms with Gasteiger partial charge in [-0.15, -0.1) is 0 Å². The second kappa shape index (κ2) is 13.4. The van der Waals surface area contributed by atoms with Crippen molar-refractivity contribution in [3.63, 3.8) is 0 Å². The van der Waals surface area contributed by atoms with Crippen LogP contribution in [0, 0.1) is 0 Å². The Bertz CT molecular complexity index is 1730. The molecule has 0 aliphatic heterocycles. The second-order valence-corrected chi connectivity index (χ2v) is 9.40. The van der Waals surface area contributed by atoms with E-state index in [1.54, 1.807) is 0 Å². The first-order chi connectivity index (χ1) is 18.9. The number of aliphatic imine (C=N–C) groups is 2. The molecular formula is C36H24Br2N2Ni. The van der Waals surface area contributed by atoms with Gasteiger partial charge in [-0.1, -0.05) is 133 Å². The van der Waals surface area contributed by atoms with Crippen LogP contribution >= 0.6 is 0 Å². The number of hydrogen-bond donors (Lipinski definition) is 0. The van der Waals surface area contributed by atoms with Gasteiger partial charge in [0.25, 0.3) is 0 Å². The van der Waals surface area contributed by atoms with Gasteiger partial charge in [-0.05, 0) is 28.6 Å². The summed E-state index contributed by atoms with van der Waals surface area (Å²) in [5, 5.41) is 2.41. The van der Waals surface area contributed by atoms with Gasteiger partial charge in [-0.25, -0.2) is 9.98 Å². The minimum Gasteiger partial charge on any atom is -1.00 e. The molecular weight excluding hydrogens is 679 g/mol. The van der Waals surface area contributed by atoms with E-state index in [9.17, 15) is 0 Å². The van der Waals surface area contributed by atoms with Crippen LogP contribution in [0.3, 0.4) is 0 Å². The fourth-order valence-corrected chi connectivity index (χ4v) is 5.32. The molecule has 2 nitrogen and oxygen atoms in total. The van der Waals surface area contributed by atoms with Gasteiger partial charge in [0.2, 0.25) is 0 Å². The topological polar surface area (TPSA) is 24.7 Å². The number of rotatable bonds is 4. The largest absolute Gasteiger partial charge is 2.00 e. The molecule has 41 heavy (non-hydrogen) atoms. The monoisotopic (exact) mass is 700 g/mol. The third-order valence-electron chi connectivity index (χ3n) is 7.08. The molecule has 1 aliphatic rings. The van der Waals surface area contributed by atoms with Crippen LogP contribution in [-0.2, 0) is 16.5 Å². The van der Waals surface area contributed by atoms with E-state index in [-0.39, 0.29) is 50.5 Å². The van der Waals surface area contributed by atoms with E-state index in [0.717, 1.165) is 56.2 Å². The van der Waals surface area contributed by atoms with Crippen molar-refractivity contribution < 1.29 is 50.5 Å². The fourth-order valence-electron chi connectivity index (χ4n) is 5.32. The van der Waals surface area contributed by atoms with Crippen LogP contribution in [0.4, 0.5) is 11.4 Å². The molecule has 0 amide bonds. The zero-order valence-electron chi connectivity index (χ0n) is 21.8. The summed E-state index contributed by atoms with van der Waals surface area (Å²) in [4.78, 5) is 10.7. The first-order valence-electron chi connectivity index (χ1n) is 12.9. The molecule has 0 N–H and O–H groups in total. The molecule has 0 bridgehead atoms. The summed E-state index contributed by atoms with van der Waals surface area (Å²) >= 11 is 0. The van der Waals surface area contributed by atoms with Gasteiger partial charge in [-0.2, -0.15) is 0 Å². The Morgan fingerprint density at radius 2 is 0.707 bits per heavy atom. The Kier molecular flexibility index (Phi) is 9.88. The third-order valence-corrected chi connectivity index (χ3v) is 7.08. The van der Waals surface area contributed by atoms with Gasteiger partial charge in [0.1, 0.15) is 0 Å². The Labute approximate surface area is 271 Å². The van der Waals surface area contributed by atoms with E-state index in [0.29, 0.717) is 0 Å². The molecule has 0 radical (unpaired) electrons. The summed E-state index contributed by atoms with van der Waals surface area (Å²) in [6.45, 7) is 0. The van der Waals surface area contributed by atoms with Crippen LogP contribution in [0.25, 0.3) is 33.0 Å². The maximum absolute atomic E-state index is 5.34. The van der Waals surface area contributed by atoms with Crippen molar-refractivity contribution >= 4 is 33.6 Å². The molecule has 7 rings (SSSR count). The van der Waals surface area contributed by atoms with E-state index >= 15 is 0 Å². The number of hydrogen-bond acceptors (Lipinski definition) is 2. The molecule has 0 unspecified atom stereocenters. The molecule has 6 aromatic rings. The minimum absolute atomic E-state index is 0. The Balaban J connectivity index is 0.00000129. The van der Waals surface area contributed by atoms with Crippen molar-refractivity contribution in [2.75, 3.05) is 0 Å². The predicted octanol–water partition coefficient (Wildman–Crippen LogP) is 3.43. The number of halogens is 2. The summed E-state index contributed by atoms with van der Waals surface area (Å²) in [5.74, 6) is 0. The summed E-state index contributed by atoms with van der Waals surface area (Å²) in [7, 11) is 0. The predicted molar refractivity (Wildman–Crippen MR) is 160 cm³/mol. The first-order valence-corrected chi connectivity index (χ1v) is 12.9. The van der Waals surface area contributed by atoms with Crippen LogP contribution in [0.15, 0.2) is 156 Å². The van der Waals surface area contributed by atoms with Crippen LogP contribution in [0.5, 0.6) is 0 Å². The molecule has 5 heteroatoms. The van der Waals surface area contributed by atoms with E-state index in [1.165, 1.54) is 10.8 Å². The molecule has 6 aromatic carbocycles. The standard InChI is InChI=1S/C36H24N2.2BrH.Ni/c1-3-13-25(14-4-1)28-19-7-9-23-32(28)37-35-30-21-11-17-27-18-12-22-31(34(27)30)36(35)38-33-24-10-8-20-29(33)26-15-5-2-6-16-26;;;/h1-24H;2*1H;/q;;;+2/p-2. The molecule has 1 aliphatic carbocycles. The third kappa shape index (κ3) is 5.76. The molecule has 0 saturated carbocycles. The number of benzene rings is 6. The molecule has 0 aromatic heterocycles. The molecule has 0 spiro atoms. The number of para-hydroxylation sites is 2.